The van der Waals surface area contributed by atoms with Crippen molar-refractivity contribution in [1.82, 2.24) is 0 Å². The number of Topliss-reactive ketones (excluding diaryl/α,β-unsaturated/α-hetero) is 2. The van der Waals surface area contributed by atoms with Crippen LogP contribution in [-0.2, 0) is 35.2 Å². The first-order chi connectivity index (χ1) is 15.7. The zero-order chi connectivity index (χ0) is 22.7. The molecule has 10 rings (SSSR count). The van der Waals surface area contributed by atoms with Crippen molar-refractivity contribution in [1.29, 1.82) is 0 Å². The van der Waals surface area contributed by atoms with Crippen LogP contribution in [0.3, 0.4) is 0 Å². The average Bonchev–Trinajstić information content (AvgIpc) is 3.73. The van der Waals surface area contributed by atoms with Crippen molar-refractivity contribution >= 4 is 23.5 Å². The van der Waals surface area contributed by atoms with Crippen LogP contribution in [0.1, 0.15) is 65.2 Å². The summed E-state index contributed by atoms with van der Waals surface area (Å²) in [6.07, 6.45) is 5.12. The fourth-order valence-corrected chi connectivity index (χ4v) is 96.1. The first-order valence-corrected chi connectivity index (χ1v) is 19.5. The summed E-state index contributed by atoms with van der Waals surface area (Å²) < 4.78 is 10.2. The van der Waals surface area contributed by atoms with Crippen LogP contribution in [-0.4, -0.2) is 36.7 Å². The Morgan fingerprint density at radius 2 is 0.939 bits per heavy atom. The van der Waals surface area contributed by atoms with Gasteiger partial charge in [-0.15, -0.1) is 0 Å². The number of unbranched alkanes of at least 4 members (excludes halogenated alkanes) is 2. The van der Waals surface area contributed by atoms with E-state index in [4.69, 9.17) is 9.47 Å². The zero-order valence-electron chi connectivity index (χ0n) is 19.5. The Bertz CT molecular complexity index is 1370. The third-order valence-corrected chi connectivity index (χ3v) is 61.1. The first-order valence-electron chi connectivity index (χ1n) is 13.3. The Hall–Kier alpha value is -1.20. The number of hydrogen-bond acceptors (Lipinski definition) is 6. The molecule has 0 amide bonds. The van der Waals surface area contributed by atoms with Gasteiger partial charge in [0.05, 0.1) is 0 Å². The molecule has 0 aromatic rings. The molecule has 10 aliphatic heterocycles. The van der Waals surface area contributed by atoms with Crippen molar-refractivity contribution in [3.05, 3.63) is 0 Å². The molecule has 1 spiro atoms. The number of carbonyl (C=O) groups excluding carboxylic acids is 4. The first kappa shape index (κ1) is 18.1. The zero-order valence-corrected chi connectivity index (χ0v) is 20.6. The quantitative estimate of drug-likeness (QED) is 0.179. The molecule has 8 unspecified atom stereocenters. The topological polar surface area (TPSA) is 86.7 Å². The molecule has 33 heavy (non-hydrogen) atoms. The molecule has 6 nitrogen and oxygen atoms in total. The SMILES string of the molecule is CCOC(=O)CCCCC(=O)[C]12[CH]3[CH]4[CH]5[CH]1[Fe]45321678[CH]2[CH]1[CH]6[C]7(C(=O)CCCCC(=O)OCC)[CH]28. The number of fused-ring (bicyclic) bond motifs is 10. The standard InChI is InChI=1S/2C13H17O3.Fe/c2*1-2-16-13(15)10-6-5-9-12(14)11-7-3-4-8-11;/h2*3-4,7-8H,2,5-6,9-10H2,1H3;. The number of ketones is 2. The van der Waals surface area contributed by atoms with Crippen LogP contribution in [0, 0.1) is 0 Å². The maximum atomic E-state index is 13.9. The van der Waals surface area contributed by atoms with E-state index in [2.05, 4.69) is 0 Å². The van der Waals surface area contributed by atoms with Gasteiger partial charge in [-0.05, 0) is 0 Å². The van der Waals surface area contributed by atoms with Crippen molar-refractivity contribution in [3.8, 4) is 0 Å². The van der Waals surface area contributed by atoms with E-state index in [0.29, 0.717) is 50.5 Å². The van der Waals surface area contributed by atoms with Gasteiger partial charge < -0.3 is 0 Å². The summed E-state index contributed by atoms with van der Waals surface area (Å²) in [6, 6.07) is 0. The number of carbonyl (C=O) groups is 4. The second-order valence-electron chi connectivity index (χ2n) is 14.6. The van der Waals surface area contributed by atoms with E-state index in [1.54, 1.807) is 0 Å². The molecule has 10 saturated heterocycles. The third kappa shape index (κ3) is 0.387. The van der Waals surface area contributed by atoms with Crippen molar-refractivity contribution in [2.75, 3.05) is 13.2 Å². The predicted octanol–water partition coefficient (Wildman–Crippen LogP) is 5.50. The molecular formula is C26H34FeO6. The minimum absolute atomic E-state index is 0.0684. The van der Waals surface area contributed by atoms with Crippen LogP contribution < -0.4 is 0 Å². The van der Waals surface area contributed by atoms with Crippen LogP contribution in [0.25, 0.3) is 0 Å². The van der Waals surface area contributed by atoms with Crippen LogP contribution in [0.5, 0.6) is 0 Å². The fraction of sp³-hybridized carbons (Fsp3) is 0.846. The van der Waals surface area contributed by atoms with E-state index in [1.807, 2.05) is 13.8 Å². The molecule has 10 fully saturated rings. The molecule has 182 valence electrons. The van der Waals surface area contributed by atoms with Gasteiger partial charge in [0.1, 0.15) is 0 Å². The molecule has 0 radical (unpaired) electrons. The molecule has 0 aromatic heterocycles. The van der Waals surface area contributed by atoms with Gasteiger partial charge in [0, 0.05) is 0 Å². The van der Waals surface area contributed by atoms with Gasteiger partial charge in [-0.2, -0.15) is 0 Å². The third-order valence-electron chi connectivity index (χ3n) is 18.3. The number of ether oxygens (including phenoxy) is 2. The van der Waals surface area contributed by atoms with E-state index >= 15 is 0 Å². The summed E-state index contributed by atoms with van der Waals surface area (Å²) in [7, 11) is 0. The van der Waals surface area contributed by atoms with Gasteiger partial charge in [0.2, 0.25) is 0 Å². The summed E-state index contributed by atoms with van der Waals surface area (Å²) >= 11 is 0. The van der Waals surface area contributed by atoms with Gasteiger partial charge in [0.15, 0.2) is 0 Å². The Labute approximate surface area is 184 Å². The molecule has 8 atom stereocenters. The van der Waals surface area contributed by atoms with E-state index in [0.717, 1.165) is 64.2 Å². The number of hydrogen-bond donors (Lipinski definition) is 0. The summed E-state index contributed by atoms with van der Waals surface area (Å²) in [5.74, 6) is 0.783. The molecule has 10 aliphatic rings. The van der Waals surface area contributed by atoms with Crippen molar-refractivity contribution in [2.45, 2.75) is 112 Å². The van der Waals surface area contributed by atoms with Gasteiger partial charge in [0.25, 0.3) is 0 Å². The van der Waals surface area contributed by atoms with Crippen molar-refractivity contribution in [2.24, 2.45) is 0 Å². The molecular weight excluding hydrogens is 464 g/mol. The van der Waals surface area contributed by atoms with Gasteiger partial charge in [-0.1, -0.05) is 0 Å². The Morgan fingerprint density at radius 1 is 0.606 bits per heavy atom. The van der Waals surface area contributed by atoms with Crippen LogP contribution in [0.2, 0.25) is 47.2 Å². The molecule has 0 aliphatic carbocycles. The average molecular weight is 498 g/mol. The van der Waals surface area contributed by atoms with E-state index in [9.17, 15) is 19.2 Å². The van der Waals surface area contributed by atoms with E-state index in [1.165, 1.54) is 0 Å². The van der Waals surface area contributed by atoms with Crippen molar-refractivity contribution in [3.63, 3.8) is 0 Å². The summed E-state index contributed by atoms with van der Waals surface area (Å²) in [6.45, 7) is 0.381. The van der Waals surface area contributed by atoms with Crippen LogP contribution >= 0.6 is 0 Å². The summed E-state index contributed by atoms with van der Waals surface area (Å²) in [5.41, 5.74) is 0. The molecule has 10 heterocycles. The van der Waals surface area contributed by atoms with Gasteiger partial charge in [-0.25, -0.2) is 0 Å². The number of esters is 2. The molecule has 0 aromatic carbocycles. The fourth-order valence-electron chi connectivity index (χ4n) is 20.0. The molecule has 0 bridgehead atoms. The minimum atomic E-state index is -4.08. The summed E-state index contributed by atoms with van der Waals surface area (Å²) in [5, 5.41) is 0. The Balaban J connectivity index is 0.901. The predicted molar refractivity (Wildman–Crippen MR) is 116 cm³/mol. The van der Waals surface area contributed by atoms with E-state index < -0.39 is 6.51 Å². The molecule has 7 heteroatoms. The Kier molecular flexibility index (Phi) is 1.39. The van der Waals surface area contributed by atoms with Gasteiger partial charge in [-0.3, -0.25) is 0 Å². The van der Waals surface area contributed by atoms with Gasteiger partial charge >= 0.3 is 184 Å². The normalized spacial score (nSPS) is 68.8. The second kappa shape index (κ2) is 2.54. The second-order valence-corrected chi connectivity index (χ2v) is 37.8. The van der Waals surface area contributed by atoms with Crippen molar-refractivity contribution < 1.29 is 35.2 Å². The van der Waals surface area contributed by atoms with Crippen LogP contribution in [0.4, 0.5) is 0 Å². The Morgan fingerprint density at radius 3 is 1.24 bits per heavy atom. The molecule has 0 saturated carbocycles. The van der Waals surface area contributed by atoms with E-state index in [-0.39, 0.29) is 20.6 Å². The number of rotatable bonds is 14. The maximum absolute atomic E-state index is 13.9. The summed E-state index contributed by atoms with van der Waals surface area (Å²) in [4.78, 5) is 57.7. The van der Waals surface area contributed by atoms with Crippen LogP contribution in [0.15, 0.2) is 0 Å². The molecule has 0 N–H and O–H groups in total. The monoisotopic (exact) mass is 498 g/mol.